The van der Waals surface area contributed by atoms with E-state index in [-0.39, 0.29) is 11.9 Å². The highest BCUT2D eigenvalue weighted by Gasteiger charge is 2.24. The number of amides is 1. The second-order valence-corrected chi connectivity index (χ2v) is 3.65. The summed E-state index contributed by atoms with van der Waals surface area (Å²) in [5, 5.41) is 6.27. The summed E-state index contributed by atoms with van der Waals surface area (Å²) in [5.41, 5.74) is 0. The summed E-state index contributed by atoms with van der Waals surface area (Å²) in [5.74, 6) is 0.216. The van der Waals surface area contributed by atoms with E-state index >= 15 is 0 Å². The number of nitrogens with one attached hydrogen (secondary N) is 2. The van der Waals surface area contributed by atoms with Crippen LogP contribution in [-0.2, 0) is 4.79 Å². The van der Waals surface area contributed by atoms with Crippen molar-refractivity contribution in [2.75, 3.05) is 26.7 Å². The predicted molar refractivity (Wildman–Crippen MR) is 52.6 cm³/mol. The Bertz CT molecular complexity index is 184. The number of rotatable bonds is 3. The Morgan fingerprint density at radius 3 is 3.08 bits per heavy atom. The second kappa shape index (κ2) is 4.58. The molecule has 4 heteroatoms. The molecular weight excluding hydrogens is 166 g/mol. The van der Waals surface area contributed by atoms with E-state index in [1.54, 1.807) is 0 Å². The summed E-state index contributed by atoms with van der Waals surface area (Å²) in [6, 6.07) is 0.354. The van der Waals surface area contributed by atoms with Gasteiger partial charge in [-0.25, -0.2) is 0 Å². The van der Waals surface area contributed by atoms with Crippen LogP contribution in [0.15, 0.2) is 0 Å². The number of hydrogen-bond acceptors (Lipinski definition) is 3. The van der Waals surface area contributed by atoms with Gasteiger partial charge in [-0.1, -0.05) is 0 Å². The molecule has 1 fully saturated rings. The summed E-state index contributed by atoms with van der Waals surface area (Å²) in [7, 11) is 1.92. The van der Waals surface area contributed by atoms with Gasteiger partial charge in [-0.15, -0.1) is 0 Å². The normalized spacial score (nSPS) is 26.2. The lowest BCUT2D eigenvalue weighted by Crippen LogP contribution is -2.56. The van der Waals surface area contributed by atoms with Crippen molar-refractivity contribution in [1.29, 1.82) is 0 Å². The lowest BCUT2D eigenvalue weighted by atomic mass is 10.2. The number of hydrogen-bond donors (Lipinski definition) is 2. The molecule has 0 saturated carbocycles. The van der Waals surface area contributed by atoms with Crippen LogP contribution in [0.3, 0.4) is 0 Å². The molecule has 0 radical (unpaired) electrons. The summed E-state index contributed by atoms with van der Waals surface area (Å²) in [6.45, 7) is 6.54. The third-order valence-corrected chi connectivity index (χ3v) is 2.50. The molecule has 1 rings (SSSR count). The highest BCUT2D eigenvalue weighted by atomic mass is 16.2. The van der Waals surface area contributed by atoms with Crippen LogP contribution in [0.2, 0.25) is 0 Å². The zero-order chi connectivity index (χ0) is 9.84. The maximum Gasteiger partial charge on any atom is 0.239 e. The van der Waals surface area contributed by atoms with E-state index in [0.29, 0.717) is 6.04 Å². The molecule has 1 amide bonds. The van der Waals surface area contributed by atoms with Gasteiger partial charge in [0, 0.05) is 25.7 Å². The van der Waals surface area contributed by atoms with Crippen LogP contribution in [0.25, 0.3) is 0 Å². The molecule has 4 nitrogen and oxygen atoms in total. The molecule has 0 aliphatic carbocycles. The molecule has 2 N–H and O–H groups in total. The van der Waals surface area contributed by atoms with Gasteiger partial charge in [0.2, 0.25) is 5.91 Å². The summed E-state index contributed by atoms with van der Waals surface area (Å²) < 4.78 is 0. The van der Waals surface area contributed by atoms with Crippen LogP contribution in [-0.4, -0.2) is 49.6 Å². The average molecular weight is 185 g/mol. The van der Waals surface area contributed by atoms with Gasteiger partial charge in [-0.05, 0) is 20.9 Å². The molecule has 0 aromatic carbocycles. The van der Waals surface area contributed by atoms with Crippen molar-refractivity contribution in [3.63, 3.8) is 0 Å². The van der Waals surface area contributed by atoms with Gasteiger partial charge in [0.25, 0.3) is 0 Å². The van der Waals surface area contributed by atoms with Gasteiger partial charge >= 0.3 is 0 Å². The molecule has 1 saturated heterocycles. The fourth-order valence-electron chi connectivity index (χ4n) is 1.49. The van der Waals surface area contributed by atoms with Crippen LogP contribution < -0.4 is 10.6 Å². The Morgan fingerprint density at radius 2 is 2.46 bits per heavy atom. The highest BCUT2D eigenvalue weighted by Crippen LogP contribution is 2.01. The van der Waals surface area contributed by atoms with Crippen LogP contribution in [0.5, 0.6) is 0 Å². The van der Waals surface area contributed by atoms with E-state index in [1.165, 1.54) is 0 Å². The van der Waals surface area contributed by atoms with E-state index in [4.69, 9.17) is 0 Å². The maximum absolute atomic E-state index is 11.6. The van der Waals surface area contributed by atoms with Gasteiger partial charge in [0.1, 0.15) is 0 Å². The molecule has 1 aliphatic rings. The van der Waals surface area contributed by atoms with Crippen LogP contribution in [0, 0.1) is 0 Å². The number of carbonyl (C=O) groups is 1. The fourth-order valence-corrected chi connectivity index (χ4v) is 1.49. The van der Waals surface area contributed by atoms with Gasteiger partial charge in [0.15, 0.2) is 0 Å². The molecule has 76 valence electrons. The predicted octanol–water partition coefficient (Wildman–Crippen LogP) is -0.585. The standard InChI is InChI=1S/C9H19N3O/c1-7(10-3)6-12-5-4-11-8(2)9(12)13/h7-8,10-11H,4-6H2,1-3H3. The third-order valence-electron chi connectivity index (χ3n) is 2.50. The van der Waals surface area contributed by atoms with E-state index in [1.807, 2.05) is 18.9 Å². The highest BCUT2D eigenvalue weighted by molar-refractivity contribution is 5.82. The third kappa shape index (κ3) is 2.67. The summed E-state index contributed by atoms with van der Waals surface area (Å²) >= 11 is 0. The smallest absolute Gasteiger partial charge is 0.239 e. The summed E-state index contributed by atoms with van der Waals surface area (Å²) in [4.78, 5) is 13.5. The first-order valence-corrected chi connectivity index (χ1v) is 4.84. The van der Waals surface area contributed by atoms with E-state index in [2.05, 4.69) is 17.6 Å². The first-order chi connectivity index (χ1) is 6.15. The van der Waals surface area contributed by atoms with Crippen molar-refractivity contribution in [2.24, 2.45) is 0 Å². The number of nitrogens with zero attached hydrogens (tertiary/aromatic N) is 1. The molecule has 2 unspecified atom stereocenters. The number of likely N-dealkylation sites (N-methyl/N-ethyl adjacent to an activating group) is 1. The average Bonchev–Trinajstić information content (AvgIpc) is 2.13. The zero-order valence-electron chi connectivity index (χ0n) is 8.63. The largest absolute Gasteiger partial charge is 0.339 e. The fraction of sp³-hybridized carbons (Fsp3) is 0.889. The monoisotopic (exact) mass is 185 g/mol. The van der Waals surface area contributed by atoms with E-state index in [0.717, 1.165) is 19.6 Å². The molecule has 0 spiro atoms. The van der Waals surface area contributed by atoms with Gasteiger partial charge in [-0.3, -0.25) is 4.79 Å². The zero-order valence-corrected chi connectivity index (χ0v) is 8.63. The van der Waals surface area contributed by atoms with Crippen molar-refractivity contribution < 1.29 is 4.79 Å². The van der Waals surface area contributed by atoms with E-state index < -0.39 is 0 Å². The molecular formula is C9H19N3O. The molecule has 0 bridgehead atoms. The lowest BCUT2D eigenvalue weighted by molar-refractivity contribution is -0.135. The first kappa shape index (κ1) is 10.5. The number of carbonyl (C=O) groups excluding carboxylic acids is 1. The first-order valence-electron chi connectivity index (χ1n) is 4.84. The van der Waals surface area contributed by atoms with E-state index in [9.17, 15) is 4.79 Å². The van der Waals surface area contributed by atoms with Gasteiger partial charge < -0.3 is 15.5 Å². The van der Waals surface area contributed by atoms with Crippen molar-refractivity contribution >= 4 is 5.91 Å². The summed E-state index contributed by atoms with van der Waals surface area (Å²) in [6.07, 6.45) is 0. The Labute approximate surface area is 79.7 Å². The van der Waals surface area contributed by atoms with Crippen LogP contribution in [0.1, 0.15) is 13.8 Å². The molecule has 2 atom stereocenters. The van der Waals surface area contributed by atoms with Gasteiger partial charge in [0.05, 0.1) is 6.04 Å². The molecule has 0 aromatic heterocycles. The minimum absolute atomic E-state index is 0.0159. The molecule has 0 aromatic rings. The Balaban J connectivity index is 2.44. The Hall–Kier alpha value is -0.610. The maximum atomic E-state index is 11.6. The SMILES string of the molecule is CNC(C)CN1CCNC(C)C1=O. The van der Waals surface area contributed by atoms with Crippen LogP contribution in [0.4, 0.5) is 0 Å². The molecule has 1 heterocycles. The second-order valence-electron chi connectivity index (χ2n) is 3.65. The quantitative estimate of drug-likeness (QED) is 0.618. The molecule has 13 heavy (non-hydrogen) atoms. The minimum Gasteiger partial charge on any atom is -0.339 e. The lowest BCUT2D eigenvalue weighted by Gasteiger charge is -2.33. The topological polar surface area (TPSA) is 44.4 Å². The van der Waals surface area contributed by atoms with Gasteiger partial charge in [-0.2, -0.15) is 0 Å². The van der Waals surface area contributed by atoms with Crippen LogP contribution >= 0.6 is 0 Å². The minimum atomic E-state index is -0.0159. The van der Waals surface area contributed by atoms with Crippen molar-refractivity contribution in [1.82, 2.24) is 15.5 Å². The van der Waals surface area contributed by atoms with Crippen molar-refractivity contribution in [2.45, 2.75) is 25.9 Å². The number of piperazine rings is 1. The molecule has 1 aliphatic heterocycles. The Morgan fingerprint density at radius 1 is 1.77 bits per heavy atom. The Kier molecular flexibility index (Phi) is 3.69. The van der Waals surface area contributed by atoms with Crippen molar-refractivity contribution in [3.05, 3.63) is 0 Å². The van der Waals surface area contributed by atoms with Crippen molar-refractivity contribution in [3.8, 4) is 0 Å².